The Balaban J connectivity index is 1.91. The van der Waals surface area contributed by atoms with Gasteiger partial charge in [-0.25, -0.2) is 18.4 Å². The lowest BCUT2D eigenvalue weighted by Gasteiger charge is -2.31. The summed E-state index contributed by atoms with van der Waals surface area (Å²) >= 11 is 0. The van der Waals surface area contributed by atoms with E-state index in [1.165, 1.54) is 30.6 Å². The maximum absolute atomic E-state index is 11.9. The third-order valence-electron chi connectivity index (χ3n) is 4.96. The van der Waals surface area contributed by atoms with E-state index in [1.807, 2.05) is 0 Å². The molecule has 0 unspecified atom stereocenters. The Morgan fingerprint density at radius 3 is 2.40 bits per heavy atom. The monoisotopic (exact) mass is 434 g/mol. The van der Waals surface area contributed by atoms with Crippen molar-refractivity contribution in [3.05, 3.63) is 40.7 Å². The van der Waals surface area contributed by atoms with Crippen LogP contribution in [-0.4, -0.2) is 55.2 Å². The van der Waals surface area contributed by atoms with Crippen LogP contribution in [-0.2, 0) is 19.4 Å². The first-order chi connectivity index (χ1) is 14.2. The number of nitro groups is 1. The molecule has 0 spiro atoms. The minimum absolute atomic E-state index is 0.109. The molecule has 2 heterocycles. The second-order valence-corrected chi connectivity index (χ2v) is 8.98. The van der Waals surface area contributed by atoms with E-state index in [9.17, 15) is 23.3 Å². The number of rotatable bonds is 6. The van der Waals surface area contributed by atoms with Crippen molar-refractivity contribution in [3.8, 4) is 11.3 Å². The molecule has 0 N–H and O–H groups in total. The van der Waals surface area contributed by atoms with E-state index in [0.717, 1.165) is 6.26 Å². The molecule has 0 aliphatic carbocycles. The van der Waals surface area contributed by atoms with E-state index < -0.39 is 14.8 Å². The lowest BCUT2D eigenvalue weighted by Crippen LogP contribution is -2.37. The van der Waals surface area contributed by atoms with Crippen LogP contribution >= 0.6 is 0 Å². The number of carbonyl (C=O) groups excluding carboxylic acids is 1. The number of esters is 1. The normalized spacial score (nSPS) is 15.1. The van der Waals surface area contributed by atoms with Gasteiger partial charge in [0.25, 0.3) is 0 Å². The van der Waals surface area contributed by atoms with Gasteiger partial charge in [0, 0.05) is 24.9 Å². The van der Waals surface area contributed by atoms with Gasteiger partial charge in [-0.2, -0.15) is 0 Å². The Morgan fingerprint density at radius 2 is 1.87 bits per heavy atom. The highest BCUT2D eigenvalue weighted by atomic mass is 32.2. The summed E-state index contributed by atoms with van der Waals surface area (Å²) in [7, 11) is -3.38. The molecule has 1 fully saturated rings. The highest BCUT2D eigenvalue weighted by Gasteiger charge is 2.32. The first kappa shape index (κ1) is 21.6. The fraction of sp³-hybridized carbons (Fsp3) is 0.421. The molecule has 0 atom stereocenters. The van der Waals surface area contributed by atoms with Gasteiger partial charge in [0.2, 0.25) is 5.82 Å². The average Bonchev–Trinajstić information content (AvgIpc) is 2.73. The molecule has 0 amide bonds. The third kappa shape index (κ3) is 4.56. The molecular formula is C19H22N4O6S. The van der Waals surface area contributed by atoms with Gasteiger partial charge in [0.1, 0.15) is 6.33 Å². The van der Waals surface area contributed by atoms with Gasteiger partial charge in [-0.3, -0.25) is 14.9 Å². The van der Waals surface area contributed by atoms with Gasteiger partial charge in [-0.05, 0) is 31.9 Å². The molecule has 3 rings (SSSR count). The number of carbonyl (C=O) groups is 1. The van der Waals surface area contributed by atoms with Gasteiger partial charge >= 0.3 is 11.7 Å². The van der Waals surface area contributed by atoms with Gasteiger partial charge in [0.05, 0.1) is 22.3 Å². The Hall–Kier alpha value is -3.08. The van der Waals surface area contributed by atoms with Crippen molar-refractivity contribution in [1.29, 1.82) is 0 Å². The third-order valence-corrected chi connectivity index (χ3v) is 6.08. The first-order valence-corrected chi connectivity index (χ1v) is 11.3. The van der Waals surface area contributed by atoms with Crippen LogP contribution in [0.15, 0.2) is 35.5 Å². The van der Waals surface area contributed by atoms with Crippen LogP contribution in [0.3, 0.4) is 0 Å². The molecule has 1 aromatic carbocycles. The molecule has 2 aromatic rings. The Morgan fingerprint density at radius 1 is 1.23 bits per heavy atom. The molecule has 30 heavy (non-hydrogen) atoms. The summed E-state index contributed by atoms with van der Waals surface area (Å²) in [6.07, 6.45) is 3.36. The predicted octanol–water partition coefficient (Wildman–Crippen LogP) is 2.23. The number of sulfone groups is 1. The predicted molar refractivity (Wildman–Crippen MR) is 109 cm³/mol. The van der Waals surface area contributed by atoms with E-state index in [4.69, 9.17) is 4.74 Å². The van der Waals surface area contributed by atoms with Crippen LogP contribution < -0.4 is 4.90 Å². The summed E-state index contributed by atoms with van der Waals surface area (Å²) in [5.41, 5.74) is 0.274. The Bertz CT molecular complexity index is 1050. The molecule has 1 aliphatic rings. The van der Waals surface area contributed by atoms with Gasteiger partial charge in [0.15, 0.2) is 15.5 Å². The van der Waals surface area contributed by atoms with Gasteiger partial charge in [-0.1, -0.05) is 12.1 Å². The number of nitrogens with zero attached hydrogens (tertiary/aromatic N) is 4. The number of hydrogen-bond acceptors (Lipinski definition) is 9. The zero-order chi connectivity index (χ0) is 21.9. The molecule has 1 aromatic heterocycles. The fourth-order valence-electron chi connectivity index (χ4n) is 3.43. The van der Waals surface area contributed by atoms with Crippen molar-refractivity contribution >= 4 is 27.3 Å². The minimum Gasteiger partial charge on any atom is -0.466 e. The van der Waals surface area contributed by atoms with Crippen LogP contribution in [0.5, 0.6) is 0 Å². The summed E-state index contributed by atoms with van der Waals surface area (Å²) in [5.74, 6) is -0.300. The molecule has 0 bridgehead atoms. The standard InChI is InChI=1S/C19H22N4O6S/c1-3-29-19(24)14-8-10-22(11-9-14)18-17(23(25)26)16(20-12-21-18)13-4-6-15(7-5-13)30(2,27)28/h4-7,12,14H,3,8-11H2,1-2H3. The number of anilines is 1. The van der Waals surface area contributed by atoms with Gasteiger partial charge in [-0.15, -0.1) is 0 Å². The smallest absolute Gasteiger partial charge is 0.337 e. The Labute approximate surface area is 174 Å². The number of piperidine rings is 1. The molecule has 11 heteroatoms. The molecule has 1 saturated heterocycles. The summed E-state index contributed by atoms with van der Waals surface area (Å²) in [6, 6.07) is 5.76. The fourth-order valence-corrected chi connectivity index (χ4v) is 4.06. The van der Waals surface area contributed by atoms with Crippen molar-refractivity contribution in [3.63, 3.8) is 0 Å². The summed E-state index contributed by atoms with van der Waals surface area (Å²) < 4.78 is 28.4. The van der Waals surface area contributed by atoms with E-state index >= 15 is 0 Å². The van der Waals surface area contributed by atoms with Crippen molar-refractivity contribution in [1.82, 2.24) is 9.97 Å². The zero-order valence-corrected chi connectivity index (χ0v) is 17.5. The first-order valence-electron chi connectivity index (χ1n) is 9.43. The van der Waals surface area contributed by atoms with E-state index in [1.54, 1.807) is 11.8 Å². The van der Waals surface area contributed by atoms with Crippen molar-refractivity contribution in [2.75, 3.05) is 30.9 Å². The van der Waals surface area contributed by atoms with Crippen LogP contribution in [0.2, 0.25) is 0 Å². The lowest BCUT2D eigenvalue weighted by atomic mass is 9.97. The molecule has 0 radical (unpaired) electrons. The van der Waals surface area contributed by atoms with Crippen LogP contribution in [0.4, 0.5) is 11.5 Å². The van der Waals surface area contributed by atoms with E-state index in [-0.39, 0.29) is 34.0 Å². The highest BCUT2D eigenvalue weighted by Crippen LogP contribution is 2.36. The van der Waals surface area contributed by atoms with Crippen molar-refractivity contribution in [2.45, 2.75) is 24.7 Å². The Kier molecular flexibility index (Phi) is 6.30. The summed E-state index contributed by atoms with van der Waals surface area (Å²) in [5, 5.41) is 11.9. The molecule has 1 aliphatic heterocycles. The second kappa shape index (κ2) is 8.74. The SMILES string of the molecule is CCOC(=O)C1CCN(c2ncnc(-c3ccc(S(C)(=O)=O)cc3)c2[N+](=O)[O-])CC1. The van der Waals surface area contributed by atoms with E-state index in [2.05, 4.69) is 9.97 Å². The van der Waals surface area contributed by atoms with Crippen molar-refractivity contribution in [2.24, 2.45) is 5.92 Å². The molecule has 160 valence electrons. The second-order valence-electron chi connectivity index (χ2n) is 6.96. The van der Waals surface area contributed by atoms with Crippen LogP contribution in [0.1, 0.15) is 19.8 Å². The zero-order valence-electron chi connectivity index (χ0n) is 16.6. The van der Waals surface area contributed by atoms with Crippen LogP contribution in [0, 0.1) is 16.0 Å². The molecule has 10 nitrogen and oxygen atoms in total. The van der Waals surface area contributed by atoms with Crippen molar-refractivity contribution < 1.29 is 22.9 Å². The number of aromatic nitrogens is 2. The molecule has 0 saturated carbocycles. The number of hydrogen-bond donors (Lipinski definition) is 0. The largest absolute Gasteiger partial charge is 0.466 e. The maximum atomic E-state index is 11.9. The van der Waals surface area contributed by atoms with Gasteiger partial charge < -0.3 is 9.64 Å². The summed E-state index contributed by atoms with van der Waals surface area (Å²) in [4.78, 5) is 33.4. The minimum atomic E-state index is -3.38. The average molecular weight is 434 g/mol. The number of benzene rings is 1. The highest BCUT2D eigenvalue weighted by molar-refractivity contribution is 7.90. The quantitative estimate of drug-likeness (QED) is 0.381. The maximum Gasteiger partial charge on any atom is 0.337 e. The summed E-state index contributed by atoms with van der Waals surface area (Å²) in [6.45, 7) is 2.92. The van der Waals surface area contributed by atoms with Crippen LogP contribution in [0.25, 0.3) is 11.3 Å². The number of ether oxygens (including phenoxy) is 1. The molecular weight excluding hydrogens is 412 g/mol. The van der Waals surface area contributed by atoms with E-state index in [0.29, 0.717) is 38.1 Å². The topological polar surface area (TPSA) is 133 Å². The lowest BCUT2D eigenvalue weighted by molar-refractivity contribution is -0.383.